The zero-order valence-corrected chi connectivity index (χ0v) is 12.8. The van der Waals surface area contributed by atoms with Gasteiger partial charge in [0, 0.05) is 6.04 Å². The molecular formula is C14H24F3NO3. The number of hydrogen-bond donors (Lipinski definition) is 1. The van der Waals surface area contributed by atoms with Crippen molar-refractivity contribution in [1.82, 2.24) is 5.32 Å². The molecule has 0 aromatic heterocycles. The summed E-state index contributed by atoms with van der Waals surface area (Å²) >= 11 is 0. The van der Waals surface area contributed by atoms with Gasteiger partial charge in [0.1, 0.15) is 5.54 Å². The number of esters is 1. The topological polar surface area (TPSA) is 47.6 Å². The Morgan fingerprint density at radius 3 is 2.38 bits per heavy atom. The van der Waals surface area contributed by atoms with Crippen LogP contribution in [-0.2, 0) is 14.3 Å². The van der Waals surface area contributed by atoms with Crippen molar-refractivity contribution in [3.8, 4) is 0 Å². The van der Waals surface area contributed by atoms with Crippen molar-refractivity contribution in [2.45, 2.75) is 57.8 Å². The van der Waals surface area contributed by atoms with Gasteiger partial charge in [0.2, 0.25) is 0 Å². The molecule has 0 spiro atoms. The van der Waals surface area contributed by atoms with E-state index in [1.165, 1.54) is 0 Å². The van der Waals surface area contributed by atoms with E-state index in [1.54, 1.807) is 6.92 Å². The van der Waals surface area contributed by atoms with E-state index in [9.17, 15) is 18.0 Å². The fourth-order valence-corrected chi connectivity index (χ4v) is 2.33. The van der Waals surface area contributed by atoms with Crippen LogP contribution in [0.3, 0.4) is 0 Å². The number of halogens is 3. The average Bonchev–Trinajstić information content (AvgIpc) is 3.16. The van der Waals surface area contributed by atoms with Crippen LogP contribution < -0.4 is 5.32 Å². The summed E-state index contributed by atoms with van der Waals surface area (Å²) in [5, 5.41) is 3.16. The monoisotopic (exact) mass is 311 g/mol. The Kier molecular flexibility index (Phi) is 6.46. The molecule has 0 radical (unpaired) electrons. The average molecular weight is 311 g/mol. The van der Waals surface area contributed by atoms with Crippen molar-refractivity contribution in [3.63, 3.8) is 0 Å². The zero-order chi connectivity index (χ0) is 16.1. The van der Waals surface area contributed by atoms with E-state index >= 15 is 0 Å². The fourth-order valence-electron chi connectivity index (χ4n) is 2.33. The lowest BCUT2D eigenvalue weighted by atomic mass is 9.93. The highest BCUT2D eigenvalue weighted by Gasteiger charge is 2.52. The quantitative estimate of drug-likeness (QED) is 0.525. The molecule has 0 bridgehead atoms. The highest BCUT2D eigenvalue weighted by molar-refractivity contribution is 5.82. The minimum atomic E-state index is -4.25. The molecule has 0 aromatic carbocycles. The summed E-state index contributed by atoms with van der Waals surface area (Å²) in [7, 11) is 0. The molecule has 21 heavy (non-hydrogen) atoms. The van der Waals surface area contributed by atoms with E-state index in [4.69, 9.17) is 9.47 Å². The maximum Gasteiger partial charge on any atom is 0.391 e. The van der Waals surface area contributed by atoms with Gasteiger partial charge in [0.15, 0.2) is 0 Å². The Hall–Kier alpha value is -0.820. The van der Waals surface area contributed by atoms with Crippen LogP contribution in [0.2, 0.25) is 0 Å². The molecule has 0 aliphatic heterocycles. The normalized spacial score (nSPS) is 18.6. The Bertz CT molecular complexity index is 343. The Morgan fingerprint density at radius 1 is 1.33 bits per heavy atom. The van der Waals surface area contributed by atoms with Gasteiger partial charge in [-0.15, -0.1) is 0 Å². The van der Waals surface area contributed by atoms with Gasteiger partial charge in [0.05, 0.1) is 26.2 Å². The van der Waals surface area contributed by atoms with Crippen LogP contribution in [0.15, 0.2) is 0 Å². The smallest absolute Gasteiger partial charge is 0.391 e. The molecule has 1 rings (SSSR count). The van der Waals surface area contributed by atoms with Gasteiger partial charge >= 0.3 is 12.1 Å². The largest absolute Gasteiger partial charge is 0.465 e. The lowest BCUT2D eigenvalue weighted by Gasteiger charge is -2.34. The molecule has 1 aliphatic carbocycles. The number of ether oxygens (including phenoxy) is 2. The number of alkyl halides is 3. The van der Waals surface area contributed by atoms with Crippen LogP contribution in [0.4, 0.5) is 13.2 Å². The summed E-state index contributed by atoms with van der Waals surface area (Å²) in [6.07, 6.45) is -3.57. The number of nitrogens with one attached hydrogen (secondary N) is 1. The maximum atomic E-state index is 12.3. The summed E-state index contributed by atoms with van der Waals surface area (Å²) < 4.78 is 46.7. The summed E-state index contributed by atoms with van der Waals surface area (Å²) in [6, 6.07) is 0.00113. The second-order valence-corrected chi connectivity index (χ2v) is 5.68. The highest BCUT2D eigenvalue weighted by Crippen LogP contribution is 2.41. The van der Waals surface area contributed by atoms with Gasteiger partial charge in [0.25, 0.3) is 0 Å². The first-order valence-electron chi connectivity index (χ1n) is 7.30. The summed E-state index contributed by atoms with van der Waals surface area (Å²) in [5.41, 5.74) is -1.03. The Labute approximate surface area is 123 Å². The Morgan fingerprint density at radius 2 is 1.95 bits per heavy atom. The van der Waals surface area contributed by atoms with Crippen molar-refractivity contribution in [1.29, 1.82) is 0 Å². The molecular weight excluding hydrogens is 287 g/mol. The first-order valence-corrected chi connectivity index (χ1v) is 7.30. The van der Waals surface area contributed by atoms with Crippen molar-refractivity contribution in [2.75, 3.05) is 19.8 Å². The van der Waals surface area contributed by atoms with Gasteiger partial charge in [-0.05, 0) is 39.5 Å². The third kappa shape index (κ3) is 5.82. The van der Waals surface area contributed by atoms with Gasteiger partial charge in [-0.2, -0.15) is 13.2 Å². The minimum absolute atomic E-state index is 0.00113. The van der Waals surface area contributed by atoms with Crippen molar-refractivity contribution in [2.24, 2.45) is 5.92 Å². The second-order valence-electron chi connectivity index (χ2n) is 5.68. The molecule has 1 aliphatic rings. The molecule has 0 heterocycles. The van der Waals surface area contributed by atoms with E-state index in [2.05, 4.69) is 5.32 Å². The lowest BCUT2D eigenvalue weighted by Crippen LogP contribution is -2.60. The van der Waals surface area contributed by atoms with Crippen molar-refractivity contribution >= 4 is 5.97 Å². The van der Waals surface area contributed by atoms with Crippen LogP contribution in [0.5, 0.6) is 0 Å². The standard InChI is InChI=1S/C14H24F3NO3/c1-4-21-12(19)13(11-5-6-11,18-10(2)3)9-20-8-7-14(15,16)17/h10-11,18H,4-9H2,1-3H3. The van der Waals surface area contributed by atoms with Crippen LogP contribution in [0.25, 0.3) is 0 Å². The molecule has 1 unspecified atom stereocenters. The number of rotatable bonds is 9. The van der Waals surface area contributed by atoms with Crippen LogP contribution in [0.1, 0.15) is 40.0 Å². The molecule has 124 valence electrons. The molecule has 1 saturated carbocycles. The molecule has 7 heteroatoms. The fraction of sp³-hybridized carbons (Fsp3) is 0.929. The molecule has 1 atom stereocenters. The van der Waals surface area contributed by atoms with Gasteiger partial charge in [-0.25, -0.2) is 4.79 Å². The lowest BCUT2D eigenvalue weighted by molar-refractivity contribution is -0.160. The number of carbonyl (C=O) groups is 1. The summed E-state index contributed by atoms with van der Waals surface area (Å²) in [4.78, 5) is 12.3. The van der Waals surface area contributed by atoms with Crippen molar-refractivity contribution < 1.29 is 27.4 Å². The van der Waals surface area contributed by atoms with Crippen LogP contribution >= 0.6 is 0 Å². The van der Waals surface area contributed by atoms with Gasteiger partial charge in [-0.1, -0.05) is 0 Å². The zero-order valence-electron chi connectivity index (χ0n) is 12.8. The van der Waals surface area contributed by atoms with E-state index in [0.717, 1.165) is 12.8 Å². The summed E-state index contributed by atoms with van der Waals surface area (Å²) in [5.74, 6) is -0.377. The first-order chi connectivity index (χ1) is 9.71. The third-order valence-corrected chi connectivity index (χ3v) is 3.32. The number of carbonyl (C=O) groups excluding carboxylic acids is 1. The highest BCUT2D eigenvalue weighted by atomic mass is 19.4. The van der Waals surface area contributed by atoms with E-state index in [-0.39, 0.29) is 25.2 Å². The van der Waals surface area contributed by atoms with Crippen molar-refractivity contribution in [3.05, 3.63) is 0 Å². The Balaban J connectivity index is 2.68. The van der Waals surface area contributed by atoms with Gasteiger partial charge < -0.3 is 9.47 Å². The number of hydrogen-bond acceptors (Lipinski definition) is 4. The second kappa shape index (κ2) is 7.45. The van der Waals surface area contributed by atoms with E-state index in [0.29, 0.717) is 0 Å². The molecule has 0 aromatic rings. The van der Waals surface area contributed by atoms with E-state index in [1.807, 2.05) is 13.8 Å². The molecule has 0 amide bonds. The third-order valence-electron chi connectivity index (χ3n) is 3.32. The first kappa shape index (κ1) is 18.2. The molecule has 1 N–H and O–H groups in total. The van der Waals surface area contributed by atoms with Gasteiger partial charge in [-0.3, -0.25) is 5.32 Å². The maximum absolute atomic E-state index is 12.3. The van der Waals surface area contributed by atoms with Crippen LogP contribution in [-0.4, -0.2) is 43.5 Å². The minimum Gasteiger partial charge on any atom is -0.465 e. The molecule has 4 nitrogen and oxygen atoms in total. The molecule has 1 fully saturated rings. The van der Waals surface area contributed by atoms with Crippen LogP contribution in [0, 0.1) is 5.92 Å². The van der Waals surface area contributed by atoms with E-state index < -0.39 is 30.7 Å². The predicted octanol–water partition coefficient (Wildman–Crippen LogP) is 2.67. The SMILES string of the molecule is CCOC(=O)C(COCCC(F)(F)F)(NC(C)C)C1CC1. The predicted molar refractivity (Wildman–Crippen MR) is 71.9 cm³/mol. The summed E-state index contributed by atoms with van der Waals surface area (Å²) in [6.45, 7) is 5.16. The molecule has 0 saturated heterocycles.